The Hall–Kier alpha value is -2.34. The largest absolute Gasteiger partial charge is 0.481 e. The summed E-state index contributed by atoms with van der Waals surface area (Å²) in [5.74, 6) is 0.813. The van der Waals surface area contributed by atoms with Crippen LogP contribution in [-0.2, 0) is 0 Å². The lowest BCUT2D eigenvalue weighted by Gasteiger charge is -2.15. The van der Waals surface area contributed by atoms with Crippen molar-refractivity contribution in [3.05, 3.63) is 41.2 Å². The SMILES string of the molecule is COc1cc(OC)nc(C(O)c2cccc(C)c2N)n1. The van der Waals surface area contributed by atoms with Gasteiger partial charge in [0.05, 0.1) is 20.3 Å². The molecule has 0 bridgehead atoms. The van der Waals surface area contributed by atoms with Gasteiger partial charge in [-0.05, 0) is 12.5 Å². The van der Waals surface area contributed by atoms with Crippen LogP contribution >= 0.6 is 0 Å². The topological polar surface area (TPSA) is 90.5 Å². The maximum atomic E-state index is 10.4. The van der Waals surface area contributed by atoms with Gasteiger partial charge in [0, 0.05) is 11.3 Å². The molecule has 0 saturated carbocycles. The molecule has 2 rings (SSSR count). The molecule has 1 heterocycles. The molecule has 0 fully saturated rings. The fourth-order valence-corrected chi connectivity index (χ4v) is 1.83. The minimum Gasteiger partial charge on any atom is -0.481 e. The molecule has 3 N–H and O–H groups in total. The predicted octanol–water partition coefficient (Wildman–Crippen LogP) is 1.47. The minimum atomic E-state index is -1.04. The molecule has 1 aromatic carbocycles. The zero-order valence-corrected chi connectivity index (χ0v) is 11.6. The number of nitrogens with two attached hydrogens (primary N) is 1. The van der Waals surface area contributed by atoms with Crippen molar-refractivity contribution in [1.82, 2.24) is 9.97 Å². The van der Waals surface area contributed by atoms with Gasteiger partial charge < -0.3 is 20.3 Å². The minimum absolute atomic E-state index is 0.179. The Morgan fingerprint density at radius 3 is 2.30 bits per heavy atom. The van der Waals surface area contributed by atoms with E-state index in [1.807, 2.05) is 19.1 Å². The highest BCUT2D eigenvalue weighted by Crippen LogP contribution is 2.28. The lowest BCUT2D eigenvalue weighted by atomic mass is 10.0. The van der Waals surface area contributed by atoms with Crippen molar-refractivity contribution in [3.8, 4) is 11.8 Å². The smallest absolute Gasteiger partial charge is 0.220 e. The monoisotopic (exact) mass is 275 g/mol. The van der Waals surface area contributed by atoms with Gasteiger partial charge in [-0.1, -0.05) is 18.2 Å². The zero-order chi connectivity index (χ0) is 14.7. The van der Waals surface area contributed by atoms with Gasteiger partial charge >= 0.3 is 0 Å². The average molecular weight is 275 g/mol. The Kier molecular flexibility index (Phi) is 4.05. The van der Waals surface area contributed by atoms with Gasteiger partial charge in [0.15, 0.2) is 5.82 Å². The van der Waals surface area contributed by atoms with Crippen LogP contribution in [0, 0.1) is 6.92 Å². The molecule has 0 spiro atoms. The number of nitrogen functional groups attached to an aromatic ring is 1. The van der Waals surface area contributed by atoms with Crippen molar-refractivity contribution in [1.29, 1.82) is 0 Å². The molecule has 1 unspecified atom stereocenters. The molecule has 106 valence electrons. The van der Waals surface area contributed by atoms with E-state index in [1.54, 1.807) is 6.07 Å². The number of hydrogen-bond acceptors (Lipinski definition) is 6. The summed E-state index contributed by atoms with van der Waals surface area (Å²) in [7, 11) is 2.97. The molecule has 6 nitrogen and oxygen atoms in total. The standard InChI is InChI=1S/C14H17N3O3/c1-8-5-4-6-9(12(8)15)13(18)14-16-10(19-2)7-11(17-14)20-3/h4-7,13,18H,15H2,1-3H3. The van der Waals surface area contributed by atoms with Crippen LogP contribution < -0.4 is 15.2 Å². The summed E-state index contributed by atoms with van der Waals surface area (Å²) in [5, 5.41) is 10.4. The molecule has 0 saturated heterocycles. The number of aryl methyl sites for hydroxylation is 1. The first kappa shape index (κ1) is 14.1. The number of nitrogens with zero attached hydrogens (tertiary/aromatic N) is 2. The maximum absolute atomic E-state index is 10.4. The Morgan fingerprint density at radius 1 is 1.15 bits per heavy atom. The van der Waals surface area contributed by atoms with Crippen molar-refractivity contribution >= 4 is 5.69 Å². The molecule has 0 aliphatic rings. The Bertz CT molecular complexity index is 594. The third-order valence-corrected chi connectivity index (χ3v) is 3.01. The number of para-hydroxylation sites is 1. The molecule has 1 atom stereocenters. The second-order valence-corrected chi connectivity index (χ2v) is 4.29. The van der Waals surface area contributed by atoms with E-state index >= 15 is 0 Å². The van der Waals surface area contributed by atoms with Crippen molar-refractivity contribution in [2.45, 2.75) is 13.0 Å². The van der Waals surface area contributed by atoms with E-state index in [2.05, 4.69) is 9.97 Å². The Morgan fingerprint density at radius 2 is 1.75 bits per heavy atom. The van der Waals surface area contributed by atoms with Crippen molar-refractivity contribution in [2.75, 3.05) is 20.0 Å². The van der Waals surface area contributed by atoms with Gasteiger partial charge in [-0.15, -0.1) is 0 Å². The lowest BCUT2D eigenvalue weighted by molar-refractivity contribution is 0.206. The van der Waals surface area contributed by atoms with Crippen LogP contribution in [0.15, 0.2) is 24.3 Å². The van der Waals surface area contributed by atoms with Gasteiger partial charge in [-0.25, -0.2) is 0 Å². The van der Waals surface area contributed by atoms with Crippen molar-refractivity contribution in [3.63, 3.8) is 0 Å². The molecule has 20 heavy (non-hydrogen) atoms. The molecule has 0 amide bonds. The molecular formula is C14H17N3O3. The number of aliphatic hydroxyl groups is 1. The number of hydrogen-bond donors (Lipinski definition) is 2. The van der Waals surface area contributed by atoms with E-state index in [9.17, 15) is 5.11 Å². The van der Waals surface area contributed by atoms with Gasteiger partial charge in [0.1, 0.15) is 6.10 Å². The molecule has 2 aromatic rings. The number of ether oxygens (including phenoxy) is 2. The first-order valence-corrected chi connectivity index (χ1v) is 6.06. The maximum Gasteiger partial charge on any atom is 0.220 e. The van der Waals surface area contributed by atoms with Crippen molar-refractivity contribution in [2.24, 2.45) is 0 Å². The van der Waals surface area contributed by atoms with Crippen molar-refractivity contribution < 1.29 is 14.6 Å². The number of anilines is 1. The quantitative estimate of drug-likeness (QED) is 0.821. The molecule has 0 aliphatic heterocycles. The summed E-state index contributed by atoms with van der Waals surface area (Å²) >= 11 is 0. The normalized spacial score (nSPS) is 12.0. The van der Waals surface area contributed by atoms with E-state index in [0.717, 1.165) is 5.56 Å². The summed E-state index contributed by atoms with van der Waals surface area (Å²) < 4.78 is 10.1. The van der Waals surface area contributed by atoms with Crippen LogP contribution in [0.25, 0.3) is 0 Å². The number of methoxy groups -OCH3 is 2. The fraction of sp³-hybridized carbons (Fsp3) is 0.286. The summed E-state index contributed by atoms with van der Waals surface area (Å²) in [6.45, 7) is 1.87. The van der Waals surface area contributed by atoms with Crippen LogP contribution in [0.4, 0.5) is 5.69 Å². The zero-order valence-electron chi connectivity index (χ0n) is 11.6. The lowest BCUT2D eigenvalue weighted by Crippen LogP contribution is -2.10. The summed E-state index contributed by atoms with van der Waals surface area (Å²) in [4.78, 5) is 8.26. The highest BCUT2D eigenvalue weighted by molar-refractivity contribution is 5.55. The van der Waals surface area contributed by atoms with E-state index in [-0.39, 0.29) is 5.82 Å². The summed E-state index contributed by atoms with van der Waals surface area (Å²) in [6.07, 6.45) is -1.04. The van der Waals surface area contributed by atoms with Gasteiger partial charge in [-0.3, -0.25) is 0 Å². The molecule has 0 aliphatic carbocycles. The fourth-order valence-electron chi connectivity index (χ4n) is 1.83. The average Bonchev–Trinajstić information content (AvgIpc) is 2.48. The van der Waals surface area contributed by atoms with Crippen LogP contribution in [0.3, 0.4) is 0 Å². The van der Waals surface area contributed by atoms with Gasteiger partial charge in [0.25, 0.3) is 0 Å². The van der Waals surface area contributed by atoms with Crippen LogP contribution in [0.2, 0.25) is 0 Å². The number of rotatable bonds is 4. The van der Waals surface area contributed by atoms with E-state index in [0.29, 0.717) is 23.0 Å². The number of aromatic nitrogens is 2. The summed E-state index contributed by atoms with van der Waals surface area (Å²) in [6, 6.07) is 6.97. The number of benzene rings is 1. The predicted molar refractivity (Wildman–Crippen MR) is 74.8 cm³/mol. The highest BCUT2D eigenvalue weighted by atomic mass is 16.5. The van der Waals surface area contributed by atoms with E-state index in [4.69, 9.17) is 15.2 Å². The van der Waals surface area contributed by atoms with Crippen LogP contribution in [0.5, 0.6) is 11.8 Å². The van der Waals surface area contributed by atoms with Crippen LogP contribution in [0.1, 0.15) is 23.1 Å². The number of aliphatic hydroxyl groups excluding tert-OH is 1. The van der Waals surface area contributed by atoms with Gasteiger partial charge in [-0.2, -0.15) is 9.97 Å². The van der Waals surface area contributed by atoms with Gasteiger partial charge in [0.2, 0.25) is 11.8 Å². The first-order chi connectivity index (χ1) is 9.56. The Balaban J connectivity index is 2.47. The molecule has 0 radical (unpaired) electrons. The molecular weight excluding hydrogens is 258 g/mol. The molecule has 6 heteroatoms. The van der Waals surface area contributed by atoms with E-state index < -0.39 is 6.10 Å². The first-order valence-electron chi connectivity index (χ1n) is 6.06. The summed E-state index contributed by atoms with van der Waals surface area (Å²) in [5.41, 5.74) is 7.94. The van der Waals surface area contributed by atoms with Crippen LogP contribution in [-0.4, -0.2) is 29.3 Å². The third kappa shape index (κ3) is 2.65. The second-order valence-electron chi connectivity index (χ2n) is 4.29. The highest BCUT2D eigenvalue weighted by Gasteiger charge is 2.19. The molecule has 1 aromatic heterocycles. The second kappa shape index (κ2) is 5.75. The van der Waals surface area contributed by atoms with E-state index in [1.165, 1.54) is 20.3 Å². The Labute approximate surface area is 117 Å². The third-order valence-electron chi connectivity index (χ3n) is 3.01.